The van der Waals surface area contributed by atoms with Crippen molar-refractivity contribution in [2.75, 3.05) is 37.9 Å². The largest absolute Gasteiger partial charge is 0.462 e. The third kappa shape index (κ3) is 3.87. The van der Waals surface area contributed by atoms with Crippen LogP contribution in [-0.4, -0.2) is 39.1 Å². The molecule has 6 nitrogen and oxygen atoms in total. The summed E-state index contributed by atoms with van der Waals surface area (Å²) in [6.07, 6.45) is 2.04. The summed E-state index contributed by atoms with van der Waals surface area (Å²) in [5, 5.41) is 3.26. The average molecular weight is 313 g/mol. The van der Waals surface area contributed by atoms with E-state index >= 15 is 0 Å². The Balaban J connectivity index is 3.24. The molecular formula is C14H23N3O3S. The van der Waals surface area contributed by atoms with Crippen molar-refractivity contribution in [2.24, 2.45) is 0 Å². The van der Waals surface area contributed by atoms with Gasteiger partial charge in [0.2, 0.25) is 0 Å². The summed E-state index contributed by atoms with van der Waals surface area (Å²) >= 11 is 1.20. The van der Waals surface area contributed by atoms with E-state index in [9.17, 15) is 9.59 Å². The molecule has 0 aromatic carbocycles. The number of carbonyl (C=O) groups is 2. The molecule has 7 heteroatoms. The van der Waals surface area contributed by atoms with Crippen LogP contribution in [0.3, 0.4) is 0 Å². The Kier molecular flexibility index (Phi) is 6.48. The summed E-state index contributed by atoms with van der Waals surface area (Å²) in [5.41, 5.74) is 6.54. The van der Waals surface area contributed by atoms with Gasteiger partial charge in [-0.3, -0.25) is 4.79 Å². The molecule has 0 fully saturated rings. The van der Waals surface area contributed by atoms with Crippen LogP contribution < -0.4 is 16.0 Å². The summed E-state index contributed by atoms with van der Waals surface area (Å²) in [7, 11) is 3.43. The highest BCUT2D eigenvalue weighted by Crippen LogP contribution is 2.38. The van der Waals surface area contributed by atoms with Gasteiger partial charge in [0, 0.05) is 20.6 Å². The van der Waals surface area contributed by atoms with E-state index in [-0.39, 0.29) is 23.1 Å². The van der Waals surface area contributed by atoms with Crippen molar-refractivity contribution in [1.82, 2.24) is 5.32 Å². The molecule has 21 heavy (non-hydrogen) atoms. The van der Waals surface area contributed by atoms with Gasteiger partial charge in [-0.05, 0) is 13.3 Å². The predicted octanol–water partition coefficient (Wildman–Crippen LogP) is 2.10. The Morgan fingerprint density at radius 1 is 1.38 bits per heavy atom. The summed E-state index contributed by atoms with van der Waals surface area (Å²) in [6, 6.07) is 0. The number of nitrogen functional groups attached to an aromatic ring is 1. The number of thiophene rings is 1. The molecule has 118 valence electrons. The summed E-state index contributed by atoms with van der Waals surface area (Å²) < 4.78 is 4.99. The number of rotatable bonds is 7. The van der Waals surface area contributed by atoms with E-state index in [0.29, 0.717) is 10.6 Å². The molecule has 0 aliphatic carbocycles. The van der Waals surface area contributed by atoms with Crippen molar-refractivity contribution in [3.63, 3.8) is 0 Å². The highest BCUT2D eigenvalue weighted by molar-refractivity contribution is 7.19. The smallest absolute Gasteiger partial charge is 0.350 e. The number of nitrogens with zero attached hydrogens (tertiary/aromatic N) is 1. The number of hydrogen-bond donors (Lipinski definition) is 2. The fraction of sp³-hybridized carbons (Fsp3) is 0.571. The van der Waals surface area contributed by atoms with Crippen LogP contribution in [0.2, 0.25) is 0 Å². The quantitative estimate of drug-likeness (QED) is 0.753. The van der Waals surface area contributed by atoms with Gasteiger partial charge in [-0.15, -0.1) is 11.3 Å². The molecule has 1 aromatic heterocycles. The maximum atomic E-state index is 12.1. The Morgan fingerprint density at radius 2 is 2.05 bits per heavy atom. The maximum absolute atomic E-state index is 12.1. The Bertz CT molecular complexity index is 514. The SMILES string of the molecule is CCCCN(C)c1sc(C(=O)OCC)c(N)c1C(=O)NC. The fourth-order valence-electron chi connectivity index (χ4n) is 1.89. The minimum Gasteiger partial charge on any atom is -0.462 e. The van der Waals surface area contributed by atoms with Crippen LogP contribution in [0.25, 0.3) is 0 Å². The van der Waals surface area contributed by atoms with Gasteiger partial charge in [0.15, 0.2) is 0 Å². The van der Waals surface area contributed by atoms with E-state index < -0.39 is 5.97 Å². The molecular weight excluding hydrogens is 290 g/mol. The van der Waals surface area contributed by atoms with Gasteiger partial charge in [0.25, 0.3) is 5.91 Å². The number of nitrogens with one attached hydrogen (secondary N) is 1. The van der Waals surface area contributed by atoms with Crippen molar-refractivity contribution in [2.45, 2.75) is 26.7 Å². The minimum absolute atomic E-state index is 0.191. The van der Waals surface area contributed by atoms with E-state index in [1.54, 1.807) is 14.0 Å². The summed E-state index contributed by atoms with van der Waals surface area (Å²) in [4.78, 5) is 26.2. The van der Waals surface area contributed by atoms with E-state index in [1.807, 2.05) is 11.9 Å². The van der Waals surface area contributed by atoms with Crippen molar-refractivity contribution < 1.29 is 14.3 Å². The van der Waals surface area contributed by atoms with Crippen LogP contribution in [0.5, 0.6) is 0 Å². The van der Waals surface area contributed by atoms with Crippen LogP contribution in [0.15, 0.2) is 0 Å². The molecule has 0 saturated carbocycles. The molecule has 0 bridgehead atoms. The zero-order chi connectivity index (χ0) is 16.0. The number of nitrogens with two attached hydrogens (primary N) is 1. The van der Waals surface area contributed by atoms with Gasteiger partial charge in [-0.2, -0.15) is 0 Å². The van der Waals surface area contributed by atoms with Crippen molar-refractivity contribution >= 4 is 33.9 Å². The zero-order valence-corrected chi connectivity index (χ0v) is 13.8. The molecule has 0 aliphatic rings. The molecule has 0 atom stereocenters. The first-order chi connectivity index (χ1) is 9.97. The van der Waals surface area contributed by atoms with Gasteiger partial charge in [-0.1, -0.05) is 13.3 Å². The molecule has 1 amide bonds. The maximum Gasteiger partial charge on any atom is 0.350 e. The number of anilines is 2. The zero-order valence-electron chi connectivity index (χ0n) is 13.0. The standard InChI is InChI=1S/C14H23N3O3S/c1-5-7-8-17(4)13-9(12(18)16-3)10(15)11(21-13)14(19)20-6-2/h5-8,15H2,1-4H3,(H,16,18). The second-order valence-corrected chi connectivity index (χ2v) is 5.60. The number of esters is 1. The second-order valence-electron chi connectivity index (χ2n) is 4.60. The molecule has 1 heterocycles. The molecule has 0 aliphatic heterocycles. The average Bonchev–Trinajstić information content (AvgIpc) is 2.82. The van der Waals surface area contributed by atoms with Gasteiger partial charge >= 0.3 is 5.97 Å². The topological polar surface area (TPSA) is 84.7 Å². The number of unbranched alkanes of at least 4 members (excludes halogenated alkanes) is 1. The van der Waals surface area contributed by atoms with Gasteiger partial charge in [0.05, 0.1) is 17.9 Å². The van der Waals surface area contributed by atoms with E-state index in [4.69, 9.17) is 10.5 Å². The van der Waals surface area contributed by atoms with Crippen molar-refractivity contribution in [3.05, 3.63) is 10.4 Å². The van der Waals surface area contributed by atoms with Crippen LogP contribution in [0.4, 0.5) is 10.7 Å². The van der Waals surface area contributed by atoms with Crippen molar-refractivity contribution in [3.8, 4) is 0 Å². The van der Waals surface area contributed by atoms with Crippen LogP contribution >= 0.6 is 11.3 Å². The Labute approximate surface area is 129 Å². The van der Waals surface area contributed by atoms with Gasteiger partial charge < -0.3 is 20.7 Å². The van der Waals surface area contributed by atoms with Crippen LogP contribution in [0.1, 0.15) is 46.7 Å². The van der Waals surface area contributed by atoms with Crippen LogP contribution in [-0.2, 0) is 4.74 Å². The van der Waals surface area contributed by atoms with E-state index in [2.05, 4.69) is 12.2 Å². The third-order valence-corrected chi connectivity index (χ3v) is 4.34. The Morgan fingerprint density at radius 3 is 2.57 bits per heavy atom. The molecule has 1 rings (SSSR count). The normalized spacial score (nSPS) is 10.3. The monoisotopic (exact) mass is 313 g/mol. The first-order valence-electron chi connectivity index (χ1n) is 7.00. The minimum atomic E-state index is -0.486. The van der Waals surface area contributed by atoms with E-state index in [1.165, 1.54) is 11.3 Å². The molecule has 0 radical (unpaired) electrons. The second kappa shape index (κ2) is 7.87. The number of hydrogen-bond acceptors (Lipinski definition) is 6. The summed E-state index contributed by atoms with van der Waals surface area (Å²) in [6.45, 7) is 4.89. The van der Waals surface area contributed by atoms with Crippen LogP contribution in [0, 0.1) is 0 Å². The fourth-order valence-corrected chi connectivity index (χ4v) is 2.99. The van der Waals surface area contributed by atoms with E-state index in [0.717, 1.165) is 19.4 Å². The molecule has 1 aromatic rings. The lowest BCUT2D eigenvalue weighted by atomic mass is 10.2. The molecule has 3 N–H and O–H groups in total. The first-order valence-corrected chi connectivity index (χ1v) is 7.82. The number of ether oxygens (including phenoxy) is 1. The summed E-state index contributed by atoms with van der Waals surface area (Å²) in [5.74, 6) is -0.780. The Hall–Kier alpha value is -1.76. The first kappa shape index (κ1) is 17.3. The lowest BCUT2D eigenvalue weighted by molar-refractivity contribution is 0.0533. The number of amides is 1. The third-order valence-electron chi connectivity index (χ3n) is 3.04. The highest BCUT2D eigenvalue weighted by Gasteiger charge is 2.27. The lowest BCUT2D eigenvalue weighted by Crippen LogP contribution is -2.24. The van der Waals surface area contributed by atoms with Gasteiger partial charge in [0.1, 0.15) is 9.88 Å². The van der Waals surface area contributed by atoms with Gasteiger partial charge in [-0.25, -0.2) is 4.79 Å². The molecule has 0 unspecified atom stereocenters. The number of carbonyl (C=O) groups excluding carboxylic acids is 2. The predicted molar refractivity (Wildman–Crippen MR) is 86.3 cm³/mol. The molecule has 0 spiro atoms. The molecule has 0 saturated heterocycles. The highest BCUT2D eigenvalue weighted by atomic mass is 32.1. The van der Waals surface area contributed by atoms with Crippen molar-refractivity contribution in [1.29, 1.82) is 0 Å². The lowest BCUT2D eigenvalue weighted by Gasteiger charge is -2.18.